The first-order chi connectivity index (χ1) is 10.7. The Morgan fingerprint density at radius 3 is 2.68 bits per heavy atom. The molecule has 3 nitrogen and oxygen atoms in total. The number of hydrogen-bond acceptors (Lipinski definition) is 3. The SMILES string of the molecule is Cc1cccc2oc(=O)c(CCCNc3ccccc3)cc12. The highest BCUT2D eigenvalue weighted by molar-refractivity contribution is 5.80. The Bertz CT molecular complexity index is 822. The monoisotopic (exact) mass is 293 g/mol. The molecule has 0 atom stereocenters. The maximum Gasteiger partial charge on any atom is 0.339 e. The number of hydrogen-bond donors (Lipinski definition) is 1. The van der Waals surface area contributed by atoms with E-state index in [0.717, 1.165) is 35.2 Å². The van der Waals surface area contributed by atoms with Gasteiger partial charge in [0.05, 0.1) is 0 Å². The third-order valence-corrected chi connectivity index (χ3v) is 3.79. The van der Waals surface area contributed by atoms with Crippen molar-refractivity contribution in [3.8, 4) is 0 Å². The third-order valence-electron chi connectivity index (χ3n) is 3.79. The lowest BCUT2D eigenvalue weighted by molar-refractivity contribution is 0.548. The zero-order valence-electron chi connectivity index (χ0n) is 12.6. The van der Waals surface area contributed by atoms with Gasteiger partial charge in [0.25, 0.3) is 0 Å². The van der Waals surface area contributed by atoms with Gasteiger partial charge in [-0.3, -0.25) is 0 Å². The van der Waals surface area contributed by atoms with Crippen molar-refractivity contribution in [3.05, 3.63) is 76.1 Å². The second-order valence-corrected chi connectivity index (χ2v) is 5.44. The summed E-state index contributed by atoms with van der Waals surface area (Å²) in [4.78, 5) is 12.0. The van der Waals surface area contributed by atoms with E-state index in [1.165, 1.54) is 0 Å². The number of rotatable bonds is 5. The number of benzene rings is 2. The lowest BCUT2D eigenvalue weighted by Crippen LogP contribution is -2.10. The van der Waals surface area contributed by atoms with Gasteiger partial charge >= 0.3 is 5.63 Å². The van der Waals surface area contributed by atoms with Gasteiger partial charge in [-0.1, -0.05) is 30.3 Å². The number of aryl methyl sites for hydroxylation is 2. The van der Waals surface area contributed by atoms with E-state index < -0.39 is 0 Å². The zero-order chi connectivity index (χ0) is 15.4. The molecule has 0 aliphatic heterocycles. The molecule has 112 valence electrons. The van der Waals surface area contributed by atoms with Crippen molar-refractivity contribution in [1.29, 1.82) is 0 Å². The van der Waals surface area contributed by atoms with E-state index in [1.54, 1.807) is 0 Å². The van der Waals surface area contributed by atoms with Gasteiger partial charge in [-0.25, -0.2) is 4.79 Å². The topological polar surface area (TPSA) is 42.2 Å². The quantitative estimate of drug-likeness (QED) is 0.567. The van der Waals surface area contributed by atoms with Crippen LogP contribution in [0.1, 0.15) is 17.5 Å². The maximum atomic E-state index is 12.0. The van der Waals surface area contributed by atoms with E-state index in [4.69, 9.17) is 4.42 Å². The minimum absolute atomic E-state index is 0.224. The first-order valence-electron chi connectivity index (χ1n) is 7.55. The summed E-state index contributed by atoms with van der Waals surface area (Å²) in [5.41, 5.74) is 3.42. The van der Waals surface area contributed by atoms with Crippen LogP contribution in [0, 0.1) is 6.92 Å². The van der Waals surface area contributed by atoms with Crippen molar-refractivity contribution in [3.63, 3.8) is 0 Å². The van der Waals surface area contributed by atoms with Crippen molar-refractivity contribution < 1.29 is 4.42 Å². The van der Waals surface area contributed by atoms with E-state index in [-0.39, 0.29) is 5.63 Å². The predicted molar refractivity (Wildman–Crippen MR) is 90.5 cm³/mol. The summed E-state index contributed by atoms with van der Waals surface area (Å²) < 4.78 is 5.41. The fraction of sp³-hybridized carbons (Fsp3) is 0.211. The Morgan fingerprint density at radius 2 is 1.86 bits per heavy atom. The largest absolute Gasteiger partial charge is 0.423 e. The first-order valence-corrected chi connectivity index (χ1v) is 7.55. The van der Waals surface area contributed by atoms with Crippen LogP contribution >= 0.6 is 0 Å². The van der Waals surface area contributed by atoms with Crippen LogP contribution in [0.5, 0.6) is 0 Å². The van der Waals surface area contributed by atoms with Crippen LogP contribution in [0.3, 0.4) is 0 Å². The van der Waals surface area contributed by atoms with E-state index in [2.05, 4.69) is 5.32 Å². The van der Waals surface area contributed by atoms with Gasteiger partial charge in [-0.05, 0) is 49.6 Å². The zero-order valence-corrected chi connectivity index (χ0v) is 12.6. The number of fused-ring (bicyclic) bond motifs is 1. The molecule has 1 N–H and O–H groups in total. The highest BCUT2D eigenvalue weighted by Crippen LogP contribution is 2.18. The van der Waals surface area contributed by atoms with Crippen LogP contribution in [0.4, 0.5) is 5.69 Å². The lowest BCUT2D eigenvalue weighted by atomic mass is 10.1. The Kier molecular flexibility index (Phi) is 4.24. The molecular weight excluding hydrogens is 274 g/mol. The van der Waals surface area contributed by atoms with Gasteiger partial charge < -0.3 is 9.73 Å². The molecule has 0 aliphatic carbocycles. The summed E-state index contributed by atoms with van der Waals surface area (Å²) in [7, 11) is 0. The van der Waals surface area contributed by atoms with Crippen LogP contribution in [-0.2, 0) is 6.42 Å². The van der Waals surface area contributed by atoms with Crippen molar-refractivity contribution >= 4 is 16.7 Å². The average Bonchev–Trinajstić information content (AvgIpc) is 2.53. The Balaban J connectivity index is 1.67. The van der Waals surface area contributed by atoms with Gasteiger partial charge in [-0.15, -0.1) is 0 Å². The Morgan fingerprint density at radius 1 is 1.05 bits per heavy atom. The fourth-order valence-electron chi connectivity index (χ4n) is 2.57. The summed E-state index contributed by atoms with van der Waals surface area (Å²) in [6.45, 7) is 2.86. The molecule has 0 bridgehead atoms. The van der Waals surface area contributed by atoms with Gasteiger partial charge in [0.1, 0.15) is 5.58 Å². The molecule has 0 saturated carbocycles. The highest BCUT2D eigenvalue weighted by atomic mass is 16.4. The molecule has 0 saturated heterocycles. The maximum absolute atomic E-state index is 12.0. The molecule has 2 aromatic carbocycles. The van der Waals surface area contributed by atoms with Crippen LogP contribution in [-0.4, -0.2) is 6.54 Å². The van der Waals surface area contributed by atoms with Crippen LogP contribution < -0.4 is 10.9 Å². The predicted octanol–water partition coefficient (Wildman–Crippen LogP) is 4.15. The summed E-state index contributed by atoms with van der Waals surface area (Å²) in [6, 6.07) is 17.8. The van der Waals surface area contributed by atoms with Gasteiger partial charge in [0, 0.05) is 23.2 Å². The van der Waals surface area contributed by atoms with Crippen LogP contribution in [0.2, 0.25) is 0 Å². The smallest absolute Gasteiger partial charge is 0.339 e. The van der Waals surface area contributed by atoms with Crippen LogP contribution in [0.15, 0.2) is 63.8 Å². The summed E-state index contributed by atoms with van der Waals surface area (Å²) in [5.74, 6) is 0. The second kappa shape index (κ2) is 6.48. The molecule has 0 spiro atoms. The van der Waals surface area contributed by atoms with Crippen molar-refractivity contribution in [2.24, 2.45) is 0 Å². The summed E-state index contributed by atoms with van der Waals surface area (Å²) in [6.07, 6.45) is 1.60. The third kappa shape index (κ3) is 3.19. The molecule has 22 heavy (non-hydrogen) atoms. The molecule has 3 heteroatoms. The molecule has 3 rings (SSSR count). The molecule has 1 aromatic heterocycles. The van der Waals surface area contributed by atoms with Crippen molar-refractivity contribution in [2.45, 2.75) is 19.8 Å². The van der Waals surface area contributed by atoms with Gasteiger partial charge in [-0.2, -0.15) is 0 Å². The molecule has 0 aliphatic rings. The van der Waals surface area contributed by atoms with Gasteiger partial charge in [0.15, 0.2) is 0 Å². The number of anilines is 1. The normalized spacial score (nSPS) is 10.8. The van der Waals surface area contributed by atoms with E-state index in [9.17, 15) is 4.79 Å². The second-order valence-electron chi connectivity index (χ2n) is 5.44. The summed E-state index contributed by atoms with van der Waals surface area (Å²) >= 11 is 0. The van der Waals surface area contributed by atoms with E-state index in [0.29, 0.717) is 12.0 Å². The molecule has 0 fully saturated rings. The standard InChI is InChI=1S/C19H19NO2/c1-14-7-5-11-18-17(14)13-15(19(21)22-18)8-6-12-20-16-9-3-2-4-10-16/h2-5,7,9-11,13,20H,6,8,12H2,1H3. The minimum atomic E-state index is -0.224. The molecule has 0 amide bonds. The highest BCUT2D eigenvalue weighted by Gasteiger charge is 2.06. The van der Waals surface area contributed by atoms with Gasteiger partial charge in [0.2, 0.25) is 0 Å². The van der Waals surface area contributed by atoms with Crippen LogP contribution in [0.25, 0.3) is 11.0 Å². The lowest BCUT2D eigenvalue weighted by Gasteiger charge is -2.07. The number of nitrogens with one attached hydrogen (secondary N) is 1. The summed E-state index contributed by atoms with van der Waals surface area (Å²) in [5, 5.41) is 4.37. The first kappa shape index (κ1) is 14.4. The average molecular weight is 293 g/mol. The van der Waals surface area contributed by atoms with E-state index >= 15 is 0 Å². The molecule has 3 aromatic rings. The Labute approximate surface area is 129 Å². The van der Waals surface area contributed by atoms with Crippen molar-refractivity contribution in [2.75, 3.05) is 11.9 Å². The minimum Gasteiger partial charge on any atom is -0.423 e. The van der Waals surface area contributed by atoms with Crippen molar-refractivity contribution in [1.82, 2.24) is 0 Å². The molecule has 0 radical (unpaired) electrons. The Hall–Kier alpha value is -2.55. The van der Waals surface area contributed by atoms with E-state index in [1.807, 2.05) is 61.5 Å². The molecular formula is C19H19NO2. The molecule has 1 heterocycles. The fourth-order valence-corrected chi connectivity index (χ4v) is 2.57. The molecule has 0 unspecified atom stereocenters. The number of para-hydroxylation sites is 1.